The largest absolute Gasteiger partial charge is 0.463 e. The molecule has 0 radical (unpaired) electrons. The first-order chi connectivity index (χ1) is 12.8. The Labute approximate surface area is 163 Å². The van der Waals surface area contributed by atoms with Crippen molar-refractivity contribution in [2.45, 2.75) is 84.7 Å². The van der Waals surface area contributed by atoms with Gasteiger partial charge in [-0.05, 0) is 92.3 Å². The van der Waals surface area contributed by atoms with Crippen LogP contribution in [0.15, 0.2) is 0 Å². The normalized spacial score (nSPS) is 48.9. The number of ketones is 1. The van der Waals surface area contributed by atoms with Crippen LogP contribution in [0.3, 0.4) is 0 Å². The minimum absolute atomic E-state index is 0.0682. The van der Waals surface area contributed by atoms with Crippen LogP contribution >= 0.6 is 0 Å². The maximum atomic E-state index is 12.4. The topological polar surface area (TPSA) is 63.6 Å². The summed E-state index contributed by atoms with van der Waals surface area (Å²) in [5.74, 6) is 2.77. The average Bonchev–Trinajstić information content (AvgIpc) is 2.98. The van der Waals surface area contributed by atoms with Crippen molar-refractivity contribution in [3.05, 3.63) is 0 Å². The van der Waals surface area contributed by atoms with Crippen molar-refractivity contribution in [3.63, 3.8) is 0 Å². The Kier molecular flexibility index (Phi) is 4.93. The predicted octanol–water partition coefficient (Wildman–Crippen LogP) is 4.14. The number of hydrogen-bond donors (Lipinski definition) is 1. The van der Waals surface area contributed by atoms with Gasteiger partial charge in [-0.1, -0.05) is 13.8 Å². The maximum absolute atomic E-state index is 12.4. The standard InChI is InChI=1S/C23H36O4/c1-14(25)27-16-8-10-22(2)15(12-16)4-5-17-18-6-7-20(21(26)13-24)23(18,3)11-9-19(17)22/h15-20,24H,4-13H2,1-3H3/t15-,16-,17+,18+,19-,20-,22+,23+/m1/s1. The lowest BCUT2D eigenvalue weighted by Crippen LogP contribution is -2.54. The van der Waals surface area contributed by atoms with Gasteiger partial charge in [-0.2, -0.15) is 0 Å². The van der Waals surface area contributed by atoms with E-state index in [0.29, 0.717) is 17.3 Å². The molecule has 0 spiro atoms. The summed E-state index contributed by atoms with van der Waals surface area (Å²) in [6.07, 6.45) is 10.3. The van der Waals surface area contributed by atoms with Crippen molar-refractivity contribution in [3.8, 4) is 0 Å². The van der Waals surface area contributed by atoms with E-state index in [1.54, 1.807) is 0 Å². The lowest BCUT2D eigenvalue weighted by Gasteiger charge is -2.61. The fourth-order valence-electron chi connectivity index (χ4n) is 8.20. The molecule has 4 aliphatic carbocycles. The molecule has 4 fully saturated rings. The molecule has 4 saturated carbocycles. The molecule has 1 N–H and O–H groups in total. The first-order valence-electron chi connectivity index (χ1n) is 11.1. The minimum Gasteiger partial charge on any atom is -0.463 e. The van der Waals surface area contributed by atoms with E-state index in [2.05, 4.69) is 13.8 Å². The Hall–Kier alpha value is -0.900. The highest BCUT2D eigenvalue weighted by Gasteiger charge is 2.61. The third-order valence-electron chi connectivity index (χ3n) is 9.49. The molecule has 0 aromatic rings. The highest BCUT2D eigenvalue weighted by atomic mass is 16.5. The van der Waals surface area contributed by atoms with E-state index in [4.69, 9.17) is 4.74 Å². The summed E-state index contributed by atoms with van der Waals surface area (Å²) in [7, 11) is 0. The molecule has 0 saturated heterocycles. The van der Waals surface area contributed by atoms with Crippen LogP contribution < -0.4 is 0 Å². The van der Waals surface area contributed by atoms with Gasteiger partial charge < -0.3 is 9.84 Å². The van der Waals surface area contributed by atoms with E-state index in [0.717, 1.165) is 43.9 Å². The smallest absolute Gasteiger partial charge is 0.302 e. The molecule has 8 atom stereocenters. The Morgan fingerprint density at radius 2 is 1.67 bits per heavy atom. The predicted molar refractivity (Wildman–Crippen MR) is 103 cm³/mol. The number of esters is 1. The molecule has 27 heavy (non-hydrogen) atoms. The van der Waals surface area contributed by atoms with Gasteiger partial charge in [0.1, 0.15) is 12.7 Å². The molecule has 0 aromatic heterocycles. The van der Waals surface area contributed by atoms with Crippen LogP contribution in [0.25, 0.3) is 0 Å². The van der Waals surface area contributed by atoms with E-state index in [-0.39, 0.29) is 35.8 Å². The highest BCUT2D eigenvalue weighted by molar-refractivity contribution is 5.83. The molecule has 152 valence electrons. The second-order valence-corrected chi connectivity index (χ2v) is 10.5. The van der Waals surface area contributed by atoms with Gasteiger partial charge in [0.25, 0.3) is 0 Å². The Balaban J connectivity index is 1.53. The summed E-state index contributed by atoms with van der Waals surface area (Å²) in [5.41, 5.74) is 0.457. The van der Waals surface area contributed by atoms with Gasteiger partial charge >= 0.3 is 5.97 Å². The fourth-order valence-corrected chi connectivity index (χ4v) is 8.20. The fraction of sp³-hybridized carbons (Fsp3) is 0.913. The number of ether oxygens (including phenoxy) is 1. The van der Waals surface area contributed by atoms with E-state index in [1.807, 2.05) is 0 Å². The number of Topliss-reactive ketones (excluding diaryl/α,β-unsaturated/α-hetero) is 1. The van der Waals surface area contributed by atoms with E-state index >= 15 is 0 Å². The SMILES string of the molecule is CC(=O)O[C@@H]1CC[C@@]2(C)[C@H](CC[C@@H]3[C@H]2CC[C@]2(C)[C@@H](C(=O)CO)CC[C@@H]32)C1. The molecular formula is C23H36O4. The Morgan fingerprint density at radius 1 is 0.963 bits per heavy atom. The zero-order valence-corrected chi connectivity index (χ0v) is 17.2. The number of fused-ring (bicyclic) bond motifs is 5. The molecule has 0 aliphatic heterocycles. The van der Waals surface area contributed by atoms with Crippen molar-refractivity contribution in [1.29, 1.82) is 0 Å². The van der Waals surface area contributed by atoms with E-state index < -0.39 is 0 Å². The van der Waals surface area contributed by atoms with Crippen molar-refractivity contribution < 1.29 is 19.4 Å². The zero-order chi connectivity index (χ0) is 19.4. The van der Waals surface area contributed by atoms with E-state index in [1.165, 1.54) is 32.6 Å². The van der Waals surface area contributed by atoms with Gasteiger partial charge in [0, 0.05) is 12.8 Å². The molecule has 0 bridgehead atoms. The first-order valence-corrected chi connectivity index (χ1v) is 11.1. The molecule has 4 heteroatoms. The van der Waals surface area contributed by atoms with Crippen LogP contribution in [0.5, 0.6) is 0 Å². The third-order valence-corrected chi connectivity index (χ3v) is 9.49. The molecule has 4 nitrogen and oxygen atoms in total. The molecule has 0 heterocycles. The monoisotopic (exact) mass is 376 g/mol. The van der Waals surface area contributed by atoms with Crippen LogP contribution in [0.1, 0.15) is 78.6 Å². The summed E-state index contributed by atoms with van der Waals surface area (Å²) in [5, 5.41) is 9.43. The lowest BCUT2D eigenvalue weighted by molar-refractivity contribution is -0.161. The summed E-state index contributed by atoms with van der Waals surface area (Å²) in [4.78, 5) is 23.7. The van der Waals surface area contributed by atoms with Crippen LogP contribution in [-0.4, -0.2) is 29.6 Å². The van der Waals surface area contributed by atoms with Crippen LogP contribution in [0.2, 0.25) is 0 Å². The average molecular weight is 377 g/mol. The molecule has 0 unspecified atom stereocenters. The Bertz CT molecular complexity index is 615. The van der Waals surface area contributed by atoms with Crippen molar-refractivity contribution in [2.24, 2.45) is 40.4 Å². The van der Waals surface area contributed by atoms with Crippen LogP contribution in [-0.2, 0) is 14.3 Å². The first kappa shape index (κ1) is 19.4. The molecule has 0 amide bonds. The molecule has 4 aliphatic rings. The summed E-state index contributed by atoms with van der Waals surface area (Å²) in [6.45, 7) is 6.08. The van der Waals surface area contributed by atoms with Crippen LogP contribution in [0.4, 0.5) is 0 Å². The van der Waals surface area contributed by atoms with E-state index in [9.17, 15) is 14.7 Å². The minimum atomic E-state index is -0.293. The summed E-state index contributed by atoms with van der Waals surface area (Å²) >= 11 is 0. The van der Waals surface area contributed by atoms with Gasteiger partial charge in [0.15, 0.2) is 5.78 Å². The van der Waals surface area contributed by atoms with Gasteiger partial charge in [-0.25, -0.2) is 0 Å². The number of hydrogen-bond acceptors (Lipinski definition) is 4. The van der Waals surface area contributed by atoms with Crippen LogP contribution in [0, 0.1) is 40.4 Å². The number of carbonyl (C=O) groups is 2. The van der Waals surface area contributed by atoms with Gasteiger partial charge in [0.05, 0.1) is 0 Å². The van der Waals surface area contributed by atoms with Gasteiger partial charge in [-0.15, -0.1) is 0 Å². The molecule has 4 rings (SSSR count). The lowest BCUT2D eigenvalue weighted by atomic mass is 9.44. The summed E-state index contributed by atoms with van der Waals surface area (Å²) < 4.78 is 5.56. The molecular weight excluding hydrogens is 340 g/mol. The van der Waals surface area contributed by atoms with Crippen molar-refractivity contribution >= 4 is 11.8 Å². The quantitative estimate of drug-likeness (QED) is 0.752. The number of aliphatic hydroxyl groups excluding tert-OH is 1. The summed E-state index contributed by atoms with van der Waals surface area (Å²) in [6, 6.07) is 0. The molecule has 0 aromatic carbocycles. The second-order valence-electron chi connectivity index (χ2n) is 10.5. The Morgan fingerprint density at radius 3 is 2.37 bits per heavy atom. The van der Waals surface area contributed by atoms with Gasteiger partial charge in [0.2, 0.25) is 0 Å². The van der Waals surface area contributed by atoms with Gasteiger partial charge in [-0.3, -0.25) is 9.59 Å². The van der Waals surface area contributed by atoms with Crippen molar-refractivity contribution in [1.82, 2.24) is 0 Å². The maximum Gasteiger partial charge on any atom is 0.302 e. The zero-order valence-electron chi connectivity index (χ0n) is 17.2. The number of aliphatic hydroxyl groups is 1. The highest BCUT2D eigenvalue weighted by Crippen LogP contribution is 2.67. The second kappa shape index (κ2) is 6.86. The van der Waals surface area contributed by atoms with Crippen molar-refractivity contribution in [2.75, 3.05) is 6.61 Å². The number of carbonyl (C=O) groups excluding carboxylic acids is 2. The third kappa shape index (κ3) is 2.97. The number of rotatable bonds is 3.